The molecule has 0 atom stereocenters. The molecule has 0 spiro atoms. The number of benzene rings is 1. The van der Waals surface area contributed by atoms with E-state index in [-0.39, 0.29) is 18.3 Å². The van der Waals surface area contributed by atoms with Crippen molar-refractivity contribution in [2.45, 2.75) is 51.6 Å². The first-order chi connectivity index (χ1) is 11.3. The van der Waals surface area contributed by atoms with E-state index in [4.69, 9.17) is 0 Å². The van der Waals surface area contributed by atoms with Gasteiger partial charge in [0, 0.05) is 37.9 Å². The molecule has 1 fully saturated rings. The highest BCUT2D eigenvalue weighted by Crippen LogP contribution is 2.25. The van der Waals surface area contributed by atoms with E-state index in [1.165, 1.54) is 43.4 Å². The topological polar surface area (TPSA) is 35.6 Å². The van der Waals surface area contributed by atoms with Crippen LogP contribution in [0.1, 0.15) is 44.6 Å². The van der Waals surface area contributed by atoms with E-state index in [2.05, 4.69) is 46.3 Å². The molecule has 1 aliphatic carbocycles. The maximum absolute atomic E-state index is 12.9. The number of carbonyl (C=O) groups excluding carboxylic acids is 1. The van der Waals surface area contributed by atoms with Crippen molar-refractivity contribution < 1.29 is 4.79 Å². The third kappa shape index (κ3) is 4.42. The Morgan fingerprint density at radius 1 is 1.25 bits per heavy atom. The number of hydrogen-bond acceptors (Lipinski definition) is 3. The zero-order valence-corrected chi connectivity index (χ0v) is 15.5. The molecule has 1 amide bonds. The van der Waals surface area contributed by atoms with Gasteiger partial charge in [-0.2, -0.15) is 0 Å². The SMILES string of the molecule is CCN(C(=O)CN1CCNCc2ccccc21)C1CCCCC1.Cl. The number of anilines is 1. The predicted molar refractivity (Wildman–Crippen MR) is 102 cm³/mol. The van der Waals surface area contributed by atoms with Crippen molar-refractivity contribution in [3.05, 3.63) is 29.8 Å². The Hall–Kier alpha value is -1.26. The van der Waals surface area contributed by atoms with Crippen molar-refractivity contribution in [2.75, 3.05) is 31.1 Å². The maximum atomic E-state index is 12.9. The molecule has 0 saturated heterocycles. The summed E-state index contributed by atoms with van der Waals surface area (Å²) in [6, 6.07) is 8.91. The number of para-hydroxylation sites is 1. The predicted octanol–water partition coefficient (Wildman–Crippen LogP) is 3.20. The first-order valence-electron chi connectivity index (χ1n) is 9.12. The highest BCUT2D eigenvalue weighted by Gasteiger charge is 2.26. The van der Waals surface area contributed by atoms with E-state index in [0.717, 1.165) is 26.2 Å². The molecule has 1 saturated carbocycles. The second kappa shape index (κ2) is 9.28. The van der Waals surface area contributed by atoms with E-state index < -0.39 is 0 Å². The Labute approximate surface area is 152 Å². The van der Waals surface area contributed by atoms with Gasteiger partial charge in [0.25, 0.3) is 0 Å². The molecule has 0 radical (unpaired) electrons. The van der Waals surface area contributed by atoms with Crippen molar-refractivity contribution in [3.8, 4) is 0 Å². The van der Waals surface area contributed by atoms with Gasteiger partial charge in [0.05, 0.1) is 6.54 Å². The quantitative estimate of drug-likeness (QED) is 0.904. The Morgan fingerprint density at radius 3 is 2.75 bits per heavy atom. The van der Waals surface area contributed by atoms with Crippen LogP contribution in [0.3, 0.4) is 0 Å². The molecule has 2 aliphatic rings. The fourth-order valence-electron chi connectivity index (χ4n) is 3.98. The molecule has 1 aromatic carbocycles. The molecule has 3 rings (SSSR count). The zero-order chi connectivity index (χ0) is 16.1. The Bertz CT molecular complexity index is 531. The number of halogens is 1. The van der Waals surface area contributed by atoms with Gasteiger partial charge in [-0.25, -0.2) is 0 Å². The van der Waals surface area contributed by atoms with Crippen LogP contribution in [0.2, 0.25) is 0 Å². The molecule has 1 aromatic rings. The highest BCUT2D eigenvalue weighted by molar-refractivity contribution is 5.85. The van der Waals surface area contributed by atoms with E-state index in [1.54, 1.807) is 0 Å². The van der Waals surface area contributed by atoms with Crippen LogP contribution in [0.5, 0.6) is 0 Å². The molecule has 1 N–H and O–H groups in total. The van der Waals surface area contributed by atoms with Gasteiger partial charge in [0.15, 0.2) is 0 Å². The van der Waals surface area contributed by atoms with Gasteiger partial charge in [-0.15, -0.1) is 12.4 Å². The standard InChI is InChI=1S/C19H29N3O.ClH/c1-2-22(17-9-4-3-5-10-17)19(23)15-21-13-12-20-14-16-8-6-7-11-18(16)21;/h6-8,11,17,20H,2-5,9-10,12-15H2,1H3;1H. The second-order valence-electron chi connectivity index (χ2n) is 6.70. The van der Waals surface area contributed by atoms with Crippen LogP contribution < -0.4 is 10.2 Å². The molecule has 4 nitrogen and oxygen atoms in total. The van der Waals surface area contributed by atoms with Crippen molar-refractivity contribution in [2.24, 2.45) is 0 Å². The molecular formula is C19H30ClN3O. The van der Waals surface area contributed by atoms with Gasteiger partial charge in [0.2, 0.25) is 5.91 Å². The van der Waals surface area contributed by atoms with Gasteiger partial charge in [-0.3, -0.25) is 4.79 Å². The molecule has 0 aromatic heterocycles. The number of rotatable bonds is 4. The number of carbonyl (C=O) groups is 1. The number of fused-ring (bicyclic) bond motifs is 1. The Balaban J connectivity index is 0.00000208. The normalized spacial score (nSPS) is 18.3. The summed E-state index contributed by atoms with van der Waals surface area (Å²) >= 11 is 0. The summed E-state index contributed by atoms with van der Waals surface area (Å²) in [6.07, 6.45) is 6.22. The number of amides is 1. The van der Waals surface area contributed by atoms with Gasteiger partial charge in [0.1, 0.15) is 0 Å². The lowest BCUT2D eigenvalue weighted by Crippen LogP contribution is -2.47. The summed E-state index contributed by atoms with van der Waals surface area (Å²) in [4.78, 5) is 17.3. The number of hydrogen-bond donors (Lipinski definition) is 1. The summed E-state index contributed by atoms with van der Waals surface area (Å²) in [6.45, 7) is 6.16. The van der Waals surface area contributed by atoms with E-state index in [0.29, 0.717) is 12.6 Å². The molecule has 134 valence electrons. The van der Waals surface area contributed by atoms with Crippen molar-refractivity contribution in [1.82, 2.24) is 10.2 Å². The van der Waals surface area contributed by atoms with Crippen LogP contribution in [0.4, 0.5) is 5.69 Å². The van der Waals surface area contributed by atoms with Gasteiger partial charge in [-0.05, 0) is 31.4 Å². The van der Waals surface area contributed by atoms with Crippen LogP contribution in [0, 0.1) is 0 Å². The van der Waals surface area contributed by atoms with Crippen molar-refractivity contribution in [3.63, 3.8) is 0 Å². The summed E-state index contributed by atoms with van der Waals surface area (Å²) in [5.74, 6) is 0.288. The zero-order valence-electron chi connectivity index (χ0n) is 14.7. The van der Waals surface area contributed by atoms with Crippen LogP contribution in [-0.4, -0.2) is 43.0 Å². The molecule has 0 unspecified atom stereocenters. The third-order valence-corrected chi connectivity index (χ3v) is 5.21. The van der Waals surface area contributed by atoms with Crippen LogP contribution in [-0.2, 0) is 11.3 Å². The summed E-state index contributed by atoms with van der Waals surface area (Å²) < 4.78 is 0. The van der Waals surface area contributed by atoms with Gasteiger partial charge >= 0.3 is 0 Å². The lowest BCUT2D eigenvalue weighted by molar-refractivity contribution is -0.132. The van der Waals surface area contributed by atoms with E-state index >= 15 is 0 Å². The van der Waals surface area contributed by atoms with E-state index in [9.17, 15) is 4.79 Å². The minimum atomic E-state index is 0. The average Bonchev–Trinajstić information content (AvgIpc) is 2.79. The van der Waals surface area contributed by atoms with E-state index in [1.807, 2.05) is 0 Å². The molecule has 1 aliphatic heterocycles. The lowest BCUT2D eigenvalue weighted by atomic mass is 9.94. The van der Waals surface area contributed by atoms with Crippen LogP contribution >= 0.6 is 12.4 Å². The Kier molecular flexibility index (Phi) is 7.38. The first kappa shape index (κ1) is 19.1. The first-order valence-corrected chi connectivity index (χ1v) is 9.12. The molecule has 24 heavy (non-hydrogen) atoms. The number of likely N-dealkylation sites (N-methyl/N-ethyl adjacent to an activating group) is 1. The largest absolute Gasteiger partial charge is 0.361 e. The highest BCUT2D eigenvalue weighted by atomic mass is 35.5. The maximum Gasteiger partial charge on any atom is 0.242 e. The van der Waals surface area contributed by atoms with Crippen molar-refractivity contribution >= 4 is 24.0 Å². The fourth-order valence-corrected chi connectivity index (χ4v) is 3.98. The second-order valence-corrected chi connectivity index (χ2v) is 6.70. The number of nitrogens with one attached hydrogen (secondary N) is 1. The summed E-state index contributed by atoms with van der Waals surface area (Å²) in [7, 11) is 0. The minimum Gasteiger partial charge on any atom is -0.361 e. The minimum absolute atomic E-state index is 0. The molecule has 0 bridgehead atoms. The average molecular weight is 352 g/mol. The smallest absolute Gasteiger partial charge is 0.242 e. The van der Waals surface area contributed by atoms with Gasteiger partial charge in [-0.1, -0.05) is 37.5 Å². The number of nitrogens with zero attached hydrogens (tertiary/aromatic N) is 2. The van der Waals surface area contributed by atoms with Crippen LogP contribution in [0.15, 0.2) is 24.3 Å². The molecular weight excluding hydrogens is 322 g/mol. The summed E-state index contributed by atoms with van der Waals surface area (Å²) in [5, 5.41) is 3.45. The monoisotopic (exact) mass is 351 g/mol. The fraction of sp³-hybridized carbons (Fsp3) is 0.632. The van der Waals surface area contributed by atoms with Crippen molar-refractivity contribution in [1.29, 1.82) is 0 Å². The Morgan fingerprint density at radius 2 is 2.00 bits per heavy atom. The summed E-state index contributed by atoms with van der Waals surface area (Å²) in [5.41, 5.74) is 2.50. The van der Waals surface area contributed by atoms with Crippen LogP contribution in [0.25, 0.3) is 0 Å². The molecule has 1 heterocycles. The third-order valence-electron chi connectivity index (χ3n) is 5.21. The lowest BCUT2D eigenvalue weighted by Gasteiger charge is -2.35. The molecule has 5 heteroatoms. The van der Waals surface area contributed by atoms with Gasteiger partial charge < -0.3 is 15.1 Å².